The Balaban J connectivity index is 1.43. The zero-order valence-corrected chi connectivity index (χ0v) is 20.9. The van der Waals surface area contributed by atoms with E-state index in [-0.39, 0.29) is 19.2 Å². The van der Waals surface area contributed by atoms with E-state index in [1.54, 1.807) is 0 Å². The Hall–Kier alpha value is -2.36. The zero-order valence-electron chi connectivity index (χ0n) is 19.3. The van der Waals surface area contributed by atoms with E-state index in [1.165, 1.54) is 4.31 Å². The van der Waals surface area contributed by atoms with Gasteiger partial charge in [-0.1, -0.05) is 53.6 Å². The van der Waals surface area contributed by atoms with Gasteiger partial charge in [0.1, 0.15) is 16.5 Å². The summed E-state index contributed by atoms with van der Waals surface area (Å²) in [6.45, 7) is 4.35. The highest BCUT2D eigenvalue weighted by Crippen LogP contribution is 2.25. The molecule has 0 aliphatic carbocycles. The van der Waals surface area contributed by atoms with Crippen LogP contribution >= 0.6 is 11.6 Å². The number of aryl methyl sites for hydroxylation is 1. The Kier molecular flexibility index (Phi) is 8.19. The number of piperazine rings is 1. The first kappa shape index (κ1) is 25.7. The van der Waals surface area contributed by atoms with Gasteiger partial charge in [-0.3, -0.25) is 4.90 Å². The Bertz CT molecular complexity index is 1260. The molecule has 1 saturated heterocycles. The van der Waals surface area contributed by atoms with Crippen molar-refractivity contribution in [1.29, 1.82) is 0 Å². The fourth-order valence-electron chi connectivity index (χ4n) is 4.14. The first-order valence-electron chi connectivity index (χ1n) is 11.3. The number of hydrogen-bond acceptors (Lipinski definition) is 4. The summed E-state index contributed by atoms with van der Waals surface area (Å²) in [4.78, 5) is 1.62. The monoisotopic (exact) mass is 520 g/mol. The van der Waals surface area contributed by atoms with Crippen molar-refractivity contribution in [1.82, 2.24) is 9.21 Å². The van der Waals surface area contributed by atoms with Crippen molar-refractivity contribution in [3.63, 3.8) is 0 Å². The smallest absolute Gasteiger partial charge is 0.246 e. The van der Waals surface area contributed by atoms with Crippen LogP contribution < -0.4 is 0 Å². The maximum Gasteiger partial charge on any atom is 0.246 e. The highest BCUT2D eigenvalue weighted by atomic mass is 35.5. The van der Waals surface area contributed by atoms with Crippen LogP contribution in [0.2, 0.25) is 5.02 Å². The van der Waals surface area contributed by atoms with Gasteiger partial charge in [0.05, 0.1) is 12.7 Å². The molecule has 3 aromatic rings. The molecule has 0 amide bonds. The van der Waals surface area contributed by atoms with E-state index >= 15 is 0 Å². The molecule has 1 unspecified atom stereocenters. The van der Waals surface area contributed by atoms with Crippen LogP contribution in [0.1, 0.15) is 22.8 Å². The quantitative estimate of drug-likeness (QED) is 0.410. The van der Waals surface area contributed by atoms with E-state index < -0.39 is 26.6 Å². The van der Waals surface area contributed by atoms with Gasteiger partial charge in [0.25, 0.3) is 0 Å². The van der Waals surface area contributed by atoms with Crippen LogP contribution in [-0.2, 0) is 21.4 Å². The molecule has 1 atom stereocenters. The van der Waals surface area contributed by atoms with Crippen molar-refractivity contribution in [3.8, 4) is 0 Å². The van der Waals surface area contributed by atoms with Gasteiger partial charge in [-0.2, -0.15) is 4.31 Å². The lowest BCUT2D eigenvalue weighted by molar-refractivity contribution is 0.00770. The summed E-state index contributed by atoms with van der Waals surface area (Å²) in [6.07, 6.45) is -0.245. The van der Waals surface area contributed by atoms with Crippen LogP contribution in [0, 0.1) is 18.6 Å². The van der Waals surface area contributed by atoms with Crippen molar-refractivity contribution in [2.24, 2.45) is 0 Å². The number of halogens is 3. The molecule has 0 radical (unpaired) electrons. The molecule has 1 aliphatic rings. The zero-order chi connectivity index (χ0) is 25.0. The lowest BCUT2D eigenvalue weighted by Gasteiger charge is -2.36. The fraction of sp³-hybridized carbons (Fsp3) is 0.308. The number of benzene rings is 3. The lowest BCUT2D eigenvalue weighted by atomic mass is 10.1. The second-order valence-corrected chi connectivity index (χ2v) is 11.0. The Labute approximate surface area is 209 Å². The molecule has 186 valence electrons. The van der Waals surface area contributed by atoms with Gasteiger partial charge in [0, 0.05) is 43.8 Å². The Morgan fingerprint density at radius 1 is 0.971 bits per heavy atom. The standard InChI is InChI=1S/C26H27ClF2N2O3S/c1-19-3-2-4-20(15-19)18-34-25(21-5-7-22(27)8-6-21)17-30-11-13-31(14-12-30)35(32,33)26-10-9-23(28)16-24(26)29/h2-10,15-16,25H,11-14,17-18H2,1H3. The average Bonchev–Trinajstić information content (AvgIpc) is 2.82. The molecule has 1 heterocycles. The molecule has 5 nitrogen and oxygen atoms in total. The molecule has 0 N–H and O–H groups in total. The van der Waals surface area contributed by atoms with Gasteiger partial charge in [-0.05, 0) is 42.3 Å². The third-order valence-corrected chi connectivity index (χ3v) is 8.23. The minimum absolute atomic E-state index is 0.199. The Morgan fingerprint density at radius 3 is 2.34 bits per heavy atom. The molecule has 0 spiro atoms. The molecule has 9 heteroatoms. The van der Waals surface area contributed by atoms with Crippen LogP contribution in [0.25, 0.3) is 0 Å². The maximum absolute atomic E-state index is 14.1. The van der Waals surface area contributed by atoms with Gasteiger partial charge in [0.2, 0.25) is 10.0 Å². The van der Waals surface area contributed by atoms with Crippen molar-refractivity contribution in [3.05, 3.63) is 100 Å². The topological polar surface area (TPSA) is 49.9 Å². The second kappa shape index (κ2) is 11.1. The molecule has 4 rings (SSSR count). The first-order chi connectivity index (χ1) is 16.7. The van der Waals surface area contributed by atoms with E-state index in [0.717, 1.165) is 28.8 Å². The summed E-state index contributed by atoms with van der Waals surface area (Å²) in [7, 11) is -4.05. The highest BCUT2D eigenvalue weighted by molar-refractivity contribution is 7.89. The fourth-order valence-corrected chi connectivity index (χ4v) is 5.73. The molecule has 3 aromatic carbocycles. The number of sulfonamides is 1. The van der Waals surface area contributed by atoms with E-state index in [4.69, 9.17) is 16.3 Å². The van der Waals surface area contributed by atoms with Crippen LogP contribution in [0.3, 0.4) is 0 Å². The van der Waals surface area contributed by atoms with Gasteiger partial charge in [-0.25, -0.2) is 17.2 Å². The number of rotatable bonds is 8. The number of nitrogens with zero attached hydrogens (tertiary/aromatic N) is 2. The normalized spacial score (nSPS) is 16.3. The molecule has 0 saturated carbocycles. The van der Waals surface area contributed by atoms with Crippen LogP contribution in [0.15, 0.2) is 71.6 Å². The lowest BCUT2D eigenvalue weighted by Crippen LogP contribution is -2.49. The van der Waals surface area contributed by atoms with Crippen LogP contribution in [0.4, 0.5) is 8.78 Å². The molecule has 1 fully saturated rings. The van der Waals surface area contributed by atoms with E-state index in [0.29, 0.717) is 37.3 Å². The molecule has 35 heavy (non-hydrogen) atoms. The first-order valence-corrected chi connectivity index (χ1v) is 13.1. The molecular weight excluding hydrogens is 494 g/mol. The predicted octanol–water partition coefficient (Wildman–Crippen LogP) is 5.19. The summed E-state index contributed by atoms with van der Waals surface area (Å²) in [5.41, 5.74) is 3.20. The van der Waals surface area contributed by atoms with Crippen LogP contribution in [-0.4, -0.2) is 50.3 Å². The minimum Gasteiger partial charge on any atom is -0.368 e. The van der Waals surface area contributed by atoms with Crippen molar-refractivity contribution in [2.75, 3.05) is 32.7 Å². The molecule has 0 bridgehead atoms. The van der Waals surface area contributed by atoms with E-state index in [9.17, 15) is 17.2 Å². The Morgan fingerprint density at radius 2 is 1.69 bits per heavy atom. The number of hydrogen-bond donors (Lipinski definition) is 0. The predicted molar refractivity (Wildman–Crippen MR) is 132 cm³/mol. The SMILES string of the molecule is Cc1cccc(COC(CN2CCN(S(=O)(=O)c3ccc(F)cc3F)CC2)c2ccc(Cl)cc2)c1. The minimum atomic E-state index is -4.05. The van der Waals surface area contributed by atoms with Gasteiger partial charge < -0.3 is 4.74 Å². The summed E-state index contributed by atoms with van der Waals surface area (Å²) in [5.74, 6) is -1.90. The molecular formula is C26H27ClF2N2O3S. The van der Waals surface area contributed by atoms with Gasteiger partial charge in [-0.15, -0.1) is 0 Å². The van der Waals surface area contributed by atoms with Gasteiger partial charge in [0.15, 0.2) is 0 Å². The molecule has 0 aromatic heterocycles. The van der Waals surface area contributed by atoms with E-state index in [1.807, 2.05) is 49.4 Å². The average molecular weight is 521 g/mol. The second-order valence-electron chi connectivity index (χ2n) is 8.62. The summed E-state index contributed by atoms with van der Waals surface area (Å²) < 4.78 is 60.7. The third kappa shape index (κ3) is 6.45. The molecule has 1 aliphatic heterocycles. The maximum atomic E-state index is 14.1. The highest BCUT2D eigenvalue weighted by Gasteiger charge is 2.31. The summed E-state index contributed by atoms with van der Waals surface area (Å²) in [5, 5.41) is 0.637. The summed E-state index contributed by atoms with van der Waals surface area (Å²) >= 11 is 6.07. The van der Waals surface area contributed by atoms with E-state index in [2.05, 4.69) is 11.0 Å². The van der Waals surface area contributed by atoms with Crippen molar-refractivity contribution in [2.45, 2.75) is 24.5 Å². The number of ether oxygens (including phenoxy) is 1. The summed E-state index contributed by atoms with van der Waals surface area (Å²) in [6, 6.07) is 18.1. The van der Waals surface area contributed by atoms with Crippen LogP contribution in [0.5, 0.6) is 0 Å². The van der Waals surface area contributed by atoms with Gasteiger partial charge >= 0.3 is 0 Å². The van der Waals surface area contributed by atoms with Crippen molar-refractivity contribution >= 4 is 21.6 Å². The van der Waals surface area contributed by atoms with Crippen molar-refractivity contribution < 1.29 is 21.9 Å². The third-order valence-electron chi connectivity index (χ3n) is 6.04. The largest absolute Gasteiger partial charge is 0.368 e.